The highest BCUT2D eigenvalue weighted by molar-refractivity contribution is 14.1. The standard InChI is InChI=1S/C9H11ClINOS/c10-3-1-2-4-12-9(13)7-5-8(11)14-6-7/h5-6H,1-4H2,(H,12,13). The maximum atomic E-state index is 11.5. The van der Waals surface area contributed by atoms with E-state index in [1.165, 1.54) is 0 Å². The third kappa shape index (κ3) is 4.14. The molecule has 0 aliphatic heterocycles. The topological polar surface area (TPSA) is 29.1 Å². The van der Waals surface area contributed by atoms with Gasteiger partial charge >= 0.3 is 0 Å². The molecule has 14 heavy (non-hydrogen) atoms. The summed E-state index contributed by atoms with van der Waals surface area (Å²) < 4.78 is 1.13. The lowest BCUT2D eigenvalue weighted by molar-refractivity contribution is 0.0953. The lowest BCUT2D eigenvalue weighted by Crippen LogP contribution is -2.23. The van der Waals surface area contributed by atoms with Crippen molar-refractivity contribution in [1.29, 1.82) is 0 Å². The van der Waals surface area contributed by atoms with Crippen LogP contribution in [-0.4, -0.2) is 18.3 Å². The number of rotatable bonds is 5. The van der Waals surface area contributed by atoms with Gasteiger partial charge in [-0.05, 0) is 41.5 Å². The monoisotopic (exact) mass is 343 g/mol. The van der Waals surface area contributed by atoms with Crippen LogP contribution in [0.1, 0.15) is 23.2 Å². The summed E-state index contributed by atoms with van der Waals surface area (Å²) in [6.07, 6.45) is 1.89. The van der Waals surface area contributed by atoms with Crippen LogP contribution in [0.2, 0.25) is 0 Å². The molecule has 1 heterocycles. The van der Waals surface area contributed by atoms with Crippen molar-refractivity contribution in [1.82, 2.24) is 5.32 Å². The fourth-order valence-electron chi connectivity index (χ4n) is 0.953. The minimum Gasteiger partial charge on any atom is -0.352 e. The zero-order valence-corrected chi connectivity index (χ0v) is 11.3. The van der Waals surface area contributed by atoms with Crippen molar-refractivity contribution in [3.05, 3.63) is 19.9 Å². The van der Waals surface area contributed by atoms with E-state index in [2.05, 4.69) is 27.9 Å². The summed E-state index contributed by atoms with van der Waals surface area (Å²) >= 11 is 9.31. The molecule has 0 saturated carbocycles. The van der Waals surface area contributed by atoms with Crippen LogP contribution in [0.3, 0.4) is 0 Å². The number of unbranched alkanes of at least 4 members (excludes halogenated alkanes) is 1. The summed E-state index contributed by atoms with van der Waals surface area (Å²) in [5.41, 5.74) is 0.755. The number of alkyl halides is 1. The number of hydrogen-bond donors (Lipinski definition) is 1. The second-order valence-electron chi connectivity index (χ2n) is 2.79. The lowest BCUT2D eigenvalue weighted by atomic mass is 10.3. The quantitative estimate of drug-likeness (QED) is 0.497. The molecule has 1 N–H and O–H groups in total. The van der Waals surface area contributed by atoms with Crippen molar-refractivity contribution >= 4 is 51.4 Å². The van der Waals surface area contributed by atoms with Crippen LogP contribution in [0.25, 0.3) is 0 Å². The smallest absolute Gasteiger partial charge is 0.252 e. The van der Waals surface area contributed by atoms with Gasteiger partial charge in [-0.15, -0.1) is 22.9 Å². The molecule has 0 unspecified atom stereocenters. The van der Waals surface area contributed by atoms with Crippen molar-refractivity contribution in [3.63, 3.8) is 0 Å². The van der Waals surface area contributed by atoms with Gasteiger partial charge in [-0.3, -0.25) is 4.79 Å². The van der Waals surface area contributed by atoms with Crippen LogP contribution in [0.15, 0.2) is 11.4 Å². The Balaban J connectivity index is 2.29. The van der Waals surface area contributed by atoms with Crippen LogP contribution < -0.4 is 5.32 Å². The van der Waals surface area contributed by atoms with Crippen molar-refractivity contribution in [2.45, 2.75) is 12.8 Å². The fraction of sp³-hybridized carbons (Fsp3) is 0.444. The Bertz CT molecular complexity index is 303. The molecule has 0 atom stereocenters. The molecule has 1 aromatic heterocycles. The Labute approximate surface area is 106 Å². The zero-order valence-electron chi connectivity index (χ0n) is 7.56. The fourth-order valence-corrected chi connectivity index (χ4v) is 2.47. The largest absolute Gasteiger partial charge is 0.352 e. The number of thiophene rings is 1. The Kier molecular flexibility index (Phi) is 5.81. The molecule has 0 aromatic carbocycles. The molecule has 0 saturated heterocycles. The van der Waals surface area contributed by atoms with E-state index in [0.29, 0.717) is 12.4 Å². The molecule has 2 nitrogen and oxygen atoms in total. The molecule has 78 valence electrons. The van der Waals surface area contributed by atoms with Crippen LogP contribution in [0.5, 0.6) is 0 Å². The molecular formula is C9H11ClINOS. The van der Waals surface area contributed by atoms with E-state index in [-0.39, 0.29) is 5.91 Å². The first-order valence-electron chi connectivity index (χ1n) is 4.32. The average Bonchev–Trinajstić information content (AvgIpc) is 2.59. The first kappa shape index (κ1) is 12.3. The number of nitrogens with one attached hydrogen (secondary N) is 1. The van der Waals surface area contributed by atoms with Crippen molar-refractivity contribution in [2.75, 3.05) is 12.4 Å². The zero-order chi connectivity index (χ0) is 10.4. The van der Waals surface area contributed by atoms with Crippen molar-refractivity contribution in [3.8, 4) is 0 Å². The van der Waals surface area contributed by atoms with E-state index < -0.39 is 0 Å². The summed E-state index contributed by atoms with van der Waals surface area (Å²) in [4.78, 5) is 11.5. The summed E-state index contributed by atoms with van der Waals surface area (Å²) in [5.74, 6) is 0.672. The number of carbonyl (C=O) groups excluding carboxylic acids is 1. The number of halogens is 2. The first-order chi connectivity index (χ1) is 6.74. The second kappa shape index (κ2) is 6.63. The van der Waals surface area contributed by atoms with Crippen LogP contribution in [0, 0.1) is 2.88 Å². The Hall–Kier alpha value is 0.190. The third-order valence-electron chi connectivity index (χ3n) is 1.68. The highest BCUT2D eigenvalue weighted by atomic mass is 127. The van der Waals surface area contributed by atoms with E-state index in [0.717, 1.165) is 21.3 Å². The van der Waals surface area contributed by atoms with Gasteiger partial charge in [-0.2, -0.15) is 0 Å². The summed E-state index contributed by atoms with van der Waals surface area (Å²) in [6, 6.07) is 1.89. The van der Waals surface area contributed by atoms with E-state index in [1.54, 1.807) is 11.3 Å². The maximum Gasteiger partial charge on any atom is 0.252 e. The Morgan fingerprint density at radius 1 is 1.57 bits per heavy atom. The molecule has 0 aliphatic carbocycles. The van der Waals surface area contributed by atoms with Crippen LogP contribution in [0.4, 0.5) is 0 Å². The second-order valence-corrected chi connectivity index (χ2v) is 5.97. The Morgan fingerprint density at radius 3 is 2.93 bits per heavy atom. The van der Waals surface area contributed by atoms with Gasteiger partial charge in [-0.25, -0.2) is 0 Å². The maximum absolute atomic E-state index is 11.5. The van der Waals surface area contributed by atoms with Crippen molar-refractivity contribution in [2.24, 2.45) is 0 Å². The molecule has 0 spiro atoms. The minimum atomic E-state index is 0.0127. The molecule has 1 amide bonds. The van der Waals surface area contributed by atoms with Gasteiger partial charge < -0.3 is 5.32 Å². The number of hydrogen-bond acceptors (Lipinski definition) is 2. The molecule has 1 rings (SSSR count). The van der Waals surface area contributed by atoms with Gasteiger partial charge in [0.1, 0.15) is 0 Å². The van der Waals surface area contributed by atoms with E-state index in [1.807, 2.05) is 11.4 Å². The molecule has 1 aromatic rings. The number of amides is 1. The van der Waals surface area contributed by atoms with E-state index in [4.69, 9.17) is 11.6 Å². The molecule has 0 radical (unpaired) electrons. The molecule has 0 bridgehead atoms. The van der Waals surface area contributed by atoms with Crippen LogP contribution >= 0.6 is 45.5 Å². The molecule has 5 heteroatoms. The third-order valence-corrected chi connectivity index (χ3v) is 3.73. The molecule has 0 fully saturated rings. The normalized spacial score (nSPS) is 10.1. The van der Waals surface area contributed by atoms with E-state index >= 15 is 0 Å². The minimum absolute atomic E-state index is 0.0127. The predicted octanol–water partition coefficient (Wildman–Crippen LogP) is 3.10. The van der Waals surface area contributed by atoms with E-state index in [9.17, 15) is 4.79 Å². The summed E-state index contributed by atoms with van der Waals surface area (Å²) in [7, 11) is 0. The van der Waals surface area contributed by atoms with Crippen LogP contribution in [-0.2, 0) is 0 Å². The highest BCUT2D eigenvalue weighted by Crippen LogP contribution is 2.16. The van der Waals surface area contributed by atoms with Gasteiger partial charge in [-0.1, -0.05) is 0 Å². The van der Waals surface area contributed by atoms with Gasteiger partial charge in [0.25, 0.3) is 5.91 Å². The summed E-state index contributed by atoms with van der Waals surface area (Å²) in [5, 5.41) is 4.73. The summed E-state index contributed by atoms with van der Waals surface area (Å²) in [6.45, 7) is 0.706. The first-order valence-corrected chi connectivity index (χ1v) is 6.81. The number of carbonyl (C=O) groups is 1. The van der Waals surface area contributed by atoms with Gasteiger partial charge in [0.2, 0.25) is 0 Å². The van der Waals surface area contributed by atoms with Crippen molar-refractivity contribution < 1.29 is 4.79 Å². The lowest BCUT2D eigenvalue weighted by Gasteiger charge is -2.01. The molecular weight excluding hydrogens is 333 g/mol. The average molecular weight is 344 g/mol. The Morgan fingerprint density at radius 2 is 2.36 bits per heavy atom. The van der Waals surface area contributed by atoms with Gasteiger partial charge in [0.15, 0.2) is 0 Å². The predicted molar refractivity (Wildman–Crippen MR) is 69.3 cm³/mol. The SMILES string of the molecule is O=C(NCCCCCl)c1csc(I)c1. The highest BCUT2D eigenvalue weighted by Gasteiger charge is 2.06. The van der Waals surface area contributed by atoms with Gasteiger partial charge in [0.05, 0.1) is 8.45 Å². The molecule has 0 aliphatic rings. The van der Waals surface area contributed by atoms with Gasteiger partial charge in [0, 0.05) is 17.8 Å².